The van der Waals surface area contributed by atoms with E-state index in [4.69, 9.17) is 9.84 Å². The fraction of sp³-hybridized carbons (Fsp3) is 0.273. The molecule has 0 aliphatic heterocycles. The molecule has 2 N–H and O–H groups in total. The monoisotopic (exact) mass is 241 g/mol. The zero-order valence-electron chi connectivity index (χ0n) is 9.14. The van der Waals surface area contributed by atoms with Crippen LogP contribution in [0.3, 0.4) is 0 Å². The molecule has 92 valence electrons. The minimum absolute atomic E-state index is 0.293. The molecule has 1 aromatic carbocycles. The first-order chi connectivity index (χ1) is 7.99. The molecule has 0 radical (unpaired) electrons. The molecule has 0 aromatic heterocycles. The molecule has 1 rings (SSSR count). The van der Waals surface area contributed by atoms with Crippen LogP contribution in [0.15, 0.2) is 24.3 Å². The molecule has 0 saturated carbocycles. The molecule has 6 heteroatoms. The third kappa shape index (κ3) is 4.60. The fourth-order valence-corrected chi connectivity index (χ4v) is 1.04. The van der Waals surface area contributed by atoms with Crippen LogP contribution in [0.1, 0.15) is 6.92 Å². The van der Waals surface area contributed by atoms with Gasteiger partial charge in [0.05, 0.1) is 0 Å². The molecule has 1 aromatic rings. The molecular formula is C11H12FNO4. The molecule has 0 spiro atoms. The summed E-state index contributed by atoms with van der Waals surface area (Å²) in [7, 11) is 0. The number of hydrogen-bond acceptors (Lipinski definition) is 3. The van der Waals surface area contributed by atoms with Crippen LogP contribution in [0, 0.1) is 5.82 Å². The summed E-state index contributed by atoms with van der Waals surface area (Å²) in [5, 5.41) is 10.9. The maximum absolute atomic E-state index is 12.8. The summed E-state index contributed by atoms with van der Waals surface area (Å²) in [5.41, 5.74) is 0.293. The van der Waals surface area contributed by atoms with Gasteiger partial charge in [0.2, 0.25) is 5.91 Å². The Balaban J connectivity index is 2.42. The number of halogens is 1. The molecule has 17 heavy (non-hydrogen) atoms. The third-order valence-corrected chi connectivity index (χ3v) is 1.92. The molecule has 5 nitrogen and oxygen atoms in total. The largest absolute Gasteiger partial charge is 0.479 e. The van der Waals surface area contributed by atoms with Crippen LogP contribution in [0.5, 0.6) is 0 Å². The summed E-state index contributed by atoms with van der Waals surface area (Å²) >= 11 is 0. The summed E-state index contributed by atoms with van der Waals surface area (Å²) in [4.78, 5) is 21.7. The summed E-state index contributed by atoms with van der Waals surface area (Å²) < 4.78 is 17.5. The molecule has 1 atom stereocenters. The Morgan fingerprint density at radius 2 is 2.24 bits per heavy atom. The number of nitrogens with one attached hydrogen (secondary N) is 1. The highest BCUT2D eigenvalue weighted by molar-refractivity contribution is 5.91. The van der Waals surface area contributed by atoms with Crippen LogP contribution in [-0.2, 0) is 14.3 Å². The molecule has 0 bridgehead atoms. The van der Waals surface area contributed by atoms with Crippen molar-refractivity contribution in [3.8, 4) is 0 Å². The summed E-state index contributed by atoms with van der Waals surface area (Å²) in [5.74, 6) is -2.16. The SMILES string of the molecule is CC(OCC(=O)Nc1cccc(F)c1)C(=O)O. The van der Waals surface area contributed by atoms with Crippen molar-refractivity contribution in [2.45, 2.75) is 13.0 Å². The second-order valence-electron chi connectivity index (χ2n) is 3.35. The fourth-order valence-electron chi connectivity index (χ4n) is 1.04. The highest BCUT2D eigenvalue weighted by atomic mass is 19.1. The lowest BCUT2D eigenvalue weighted by Crippen LogP contribution is -2.26. The van der Waals surface area contributed by atoms with Gasteiger partial charge in [-0.15, -0.1) is 0 Å². The average molecular weight is 241 g/mol. The summed E-state index contributed by atoms with van der Waals surface area (Å²) in [6.45, 7) is 0.918. The molecular weight excluding hydrogens is 229 g/mol. The number of rotatable bonds is 5. The van der Waals surface area contributed by atoms with Gasteiger partial charge >= 0.3 is 5.97 Å². The predicted octanol–water partition coefficient (Wildman–Crippen LogP) is 1.25. The van der Waals surface area contributed by atoms with E-state index in [1.165, 1.54) is 25.1 Å². The lowest BCUT2D eigenvalue weighted by molar-refractivity contribution is -0.150. The van der Waals surface area contributed by atoms with Crippen LogP contribution in [0.25, 0.3) is 0 Å². The van der Waals surface area contributed by atoms with Crippen LogP contribution < -0.4 is 5.32 Å². The Morgan fingerprint density at radius 3 is 2.82 bits per heavy atom. The van der Waals surface area contributed by atoms with Crippen molar-refractivity contribution < 1.29 is 23.8 Å². The van der Waals surface area contributed by atoms with Gasteiger partial charge in [-0.1, -0.05) is 6.07 Å². The minimum atomic E-state index is -1.15. The number of carbonyl (C=O) groups is 2. The lowest BCUT2D eigenvalue weighted by atomic mass is 10.3. The van der Waals surface area contributed by atoms with Crippen molar-refractivity contribution in [1.82, 2.24) is 0 Å². The third-order valence-electron chi connectivity index (χ3n) is 1.92. The molecule has 0 heterocycles. The van der Waals surface area contributed by atoms with E-state index in [0.29, 0.717) is 5.69 Å². The normalized spacial score (nSPS) is 11.9. The van der Waals surface area contributed by atoms with Gasteiger partial charge in [0.1, 0.15) is 12.4 Å². The quantitative estimate of drug-likeness (QED) is 0.813. The van der Waals surface area contributed by atoms with Crippen LogP contribution in [0.4, 0.5) is 10.1 Å². The second kappa shape index (κ2) is 5.95. The Kier molecular flexibility index (Phi) is 4.59. The molecule has 0 saturated heterocycles. The number of ether oxygens (including phenoxy) is 1. The van der Waals surface area contributed by atoms with E-state index >= 15 is 0 Å². The maximum atomic E-state index is 12.8. The van der Waals surface area contributed by atoms with Crippen molar-refractivity contribution in [3.05, 3.63) is 30.1 Å². The predicted molar refractivity (Wildman–Crippen MR) is 58.1 cm³/mol. The molecule has 1 amide bonds. The minimum Gasteiger partial charge on any atom is -0.479 e. The highest BCUT2D eigenvalue weighted by Crippen LogP contribution is 2.08. The van der Waals surface area contributed by atoms with Gasteiger partial charge in [-0.2, -0.15) is 0 Å². The number of hydrogen-bond donors (Lipinski definition) is 2. The van der Waals surface area contributed by atoms with E-state index in [0.717, 1.165) is 6.07 Å². The van der Waals surface area contributed by atoms with E-state index in [9.17, 15) is 14.0 Å². The Hall–Kier alpha value is -1.95. The van der Waals surface area contributed by atoms with Crippen LogP contribution in [0.2, 0.25) is 0 Å². The number of benzene rings is 1. The van der Waals surface area contributed by atoms with Gasteiger partial charge in [0, 0.05) is 5.69 Å². The van der Waals surface area contributed by atoms with E-state index in [-0.39, 0.29) is 0 Å². The number of anilines is 1. The van der Waals surface area contributed by atoms with Gasteiger partial charge in [-0.3, -0.25) is 4.79 Å². The smallest absolute Gasteiger partial charge is 0.332 e. The van der Waals surface area contributed by atoms with E-state index in [1.54, 1.807) is 0 Å². The lowest BCUT2D eigenvalue weighted by Gasteiger charge is -2.08. The van der Waals surface area contributed by atoms with Crippen molar-refractivity contribution in [2.75, 3.05) is 11.9 Å². The Morgan fingerprint density at radius 1 is 1.53 bits per heavy atom. The molecule has 1 unspecified atom stereocenters. The standard InChI is InChI=1S/C11H12FNO4/c1-7(11(15)16)17-6-10(14)13-9-4-2-3-8(12)5-9/h2-5,7H,6H2,1H3,(H,13,14)(H,15,16). The zero-order chi connectivity index (χ0) is 12.8. The molecule has 0 fully saturated rings. The Bertz CT molecular complexity index is 422. The number of aliphatic carboxylic acids is 1. The highest BCUT2D eigenvalue weighted by Gasteiger charge is 2.13. The molecule has 0 aliphatic rings. The first kappa shape index (κ1) is 13.1. The van der Waals surface area contributed by atoms with Gasteiger partial charge in [0.25, 0.3) is 0 Å². The van der Waals surface area contributed by atoms with E-state index in [2.05, 4.69) is 5.32 Å². The zero-order valence-corrected chi connectivity index (χ0v) is 9.14. The van der Waals surface area contributed by atoms with Crippen molar-refractivity contribution in [2.24, 2.45) is 0 Å². The number of carboxylic acids is 1. The summed E-state index contributed by atoms with van der Waals surface area (Å²) in [6, 6.07) is 5.37. The van der Waals surface area contributed by atoms with E-state index in [1.807, 2.05) is 0 Å². The number of carboxylic acid groups (broad SMARTS) is 1. The number of carbonyl (C=O) groups excluding carboxylic acids is 1. The first-order valence-electron chi connectivity index (χ1n) is 4.89. The van der Waals surface area contributed by atoms with Crippen molar-refractivity contribution in [1.29, 1.82) is 0 Å². The molecule has 0 aliphatic carbocycles. The average Bonchev–Trinajstić information content (AvgIpc) is 2.25. The van der Waals surface area contributed by atoms with E-state index < -0.39 is 30.4 Å². The van der Waals surface area contributed by atoms with Gasteiger partial charge in [0.15, 0.2) is 6.10 Å². The summed E-state index contributed by atoms with van der Waals surface area (Å²) in [6.07, 6.45) is -1.06. The number of amides is 1. The van der Waals surface area contributed by atoms with Crippen molar-refractivity contribution in [3.63, 3.8) is 0 Å². The van der Waals surface area contributed by atoms with Crippen LogP contribution >= 0.6 is 0 Å². The Labute approximate surface area is 97.2 Å². The van der Waals surface area contributed by atoms with Gasteiger partial charge < -0.3 is 15.2 Å². The van der Waals surface area contributed by atoms with Gasteiger partial charge in [-0.25, -0.2) is 9.18 Å². The first-order valence-corrected chi connectivity index (χ1v) is 4.89. The van der Waals surface area contributed by atoms with Gasteiger partial charge in [-0.05, 0) is 25.1 Å². The van der Waals surface area contributed by atoms with Crippen LogP contribution in [-0.4, -0.2) is 29.7 Å². The topological polar surface area (TPSA) is 75.6 Å². The maximum Gasteiger partial charge on any atom is 0.332 e. The second-order valence-corrected chi connectivity index (χ2v) is 3.35. The van der Waals surface area contributed by atoms with Crippen molar-refractivity contribution >= 4 is 17.6 Å².